The zero-order chi connectivity index (χ0) is 22.8. The van der Waals surface area contributed by atoms with E-state index >= 15 is 0 Å². The van der Waals surface area contributed by atoms with E-state index in [-0.39, 0.29) is 24.2 Å². The summed E-state index contributed by atoms with van der Waals surface area (Å²) in [5, 5.41) is 4.06. The van der Waals surface area contributed by atoms with E-state index in [1.54, 1.807) is 32.3 Å². The van der Waals surface area contributed by atoms with Gasteiger partial charge in [0, 0.05) is 48.2 Å². The van der Waals surface area contributed by atoms with Crippen LogP contribution in [0.15, 0.2) is 30.3 Å². The summed E-state index contributed by atoms with van der Waals surface area (Å²) >= 11 is 6.22. The van der Waals surface area contributed by atoms with E-state index in [9.17, 15) is 4.79 Å². The van der Waals surface area contributed by atoms with Crippen LogP contribution >= 0.6 is 24.0 Å². The molecule has 4 N–H and O–H groups in total. The lowest BCUT2D eigenvalue weighted by atomic mass is 10.0. The molecular formula is C23H28Cl2N4O4. The summed E-state index contributed by atoms with van der Waals surface area (Å²) in [6.45, 7) is 1.68. The fraction of sp³-hybridized carbons (Fsp3) is 0.348. The van der Waals surface area contributed by atoms with Crippen molar-refractivity contribution in [2.45, 2.75) is 5.92 Å². The average molecular weight is 495 g/mol. The van der Waals surface area contributed by atoms with E-state index in [0.717, 1.165) is 22.3 Å². The Morgan fingerprint density at radius 2 is 1.94 bits per heavy atom. The number of aromatic amines is 1. The fourth-order valence-electron chi connectivity index (χ4n) is 4.20. The first-order valence-corrected chi connectivity index (χ1v) is 10.9. The van der Waals surface area contributed by atoms with E-state index in [4.69, 9.17) is 31.5 Å². The first-order chi connectivity index (χ1) is 15.6. The van der Waals surface area contributed by atoms with Crippen molar-refractivity contribution in [3.63, 3.8) is 0 Å². The number of halogens is 2. The van der Waals surface area contributed by atoms with Gasteiger partial charge in [0.1, 0.15) is 5.69 Å². The van der Waals surface area contributed by atoms with Gasteiger partial charge in [-0.1, -0.05) is 6.07 Å². The first-order valence-electron chi connectivity index (χ1n) is 10.3. The number of alkyl halides is 1. The smallest absolute Gasteiger partial charge is 0.274 e. The van der Waals surface area contributed by atoms with Crippen LogP contribution in [0, 0.1) is 0 Å². The average Bonchev–Trinajstić information content (AvgIpc) is 3.41. The Hall–Kier alpha value is -2.81. The minimum absolute atomic E-state index is 0. The van der Waals surface area contributed by atoms with E-state index in [1.165, 1.54) is 0 Å². The normalized spacial score (nSPS) is 14.6. The van der Waals surface area contributed by atoms with Crippen molar-refractivity contribution in [3.8, 4) is 17.2 Å². The number of carbonyl (C=O) groups excluding carboxylic acids is 1. The number of anilines is 2. The van der Waals surface area contributed by atoms with Gasteiger partial charge in [-0.3, -0.25) is 4.79 Å². The van der Waals surface area contributed by atoms with Crippen molar-refractivity contribution in [2.75, 3.05) is 57.1 Å². The minimum Gasteiger partial charge on any atom is -0.493 e. The van der Waals surface area contributed by atoms with Gasteiger partial charge in [-0.2, -0.15) is 0 Å². The van der Waals surface area contributed by atoms with Gasteiger partial charge in [0.2, 0.25) is 5.75 Å². The predicted octanol–water partition coefficient (Wildman–Crippen LogP) is 3.97. The minimum atomic E-state index is -0.147. The number of carbonyl (C=O) groups is 1. The monoisotopic (exact) mass is 494 g/mol. The third-order valence-electron chi connectivity index (χ3n) is 5.72. The summed E-state index contributed by atoms with van der Waals surface area (Å²) in [7, 11) is 4.66. The van der Waals surface area contributed by atoms with Crippen LogP contribution in [0.25, 0.3) is 10.9 Å². The number of ether oxygens (including phenoxy) is 3. The number of hydrogen-bond donors (Lipinski definition) is 3. The van der Waals surface area contributed by atoms with Gasteiger partial charge in [0.15, 0.2) is 11.5 Å². The maximum atomic E-state index is 13.6. The Balaban J connectivity index is 0.00000306. The Morgan fingerprint density at radius 3 is 2.58 bits per heavy atom. The van der Waals surface area contributed by atoms with Crippen LogP contribution in [0.1, 0.15) is 22.0 Å². The number of methoxy groups -OCH3 is 3. The Morgan fingerprint density at radius 1 is 1.18 bits per heavy atom. The molecule has 0 saturated carbocycles. The van der Waals surface area contributed by atoms with Crippen molar-refractivity contribution in [1.82, 2.24) is 4.98 Å². The molecule has 0 bridgehead atoms. The second kappa shape index (κ2) is 10.4. The van der Waals surface area contributed by atoms with Crippen molar-refractivity contribution in [1.29, 1.82) is 0 Å². The standard InChI is InChI=1S/C23H27ClN4O4.ClH/c1-30-19-9-13-8-17(27-20(13)22(32-3)21(19)31-2)23(29)28-12-14(11-24)16-5-4-15(10-18(16)28)26-7-6-25;/h4-5,8-10,14,26-27H,6-7,11-12,25H2,1-3H3;1H. The van der Waals surface area contributed by atoms with Crippen molar-refractivity contribution >= 4 is 52.2 Å². The summed E-state index contributed by atoms with van der Waals surface area (Å²) in [6, 6.07) is 9.61. The largest absolute Gasteiger partial charge is 0.493 e. The maximum Gasteiger partial charge on any atom is 0.274 e. The van der Waals surface area contributed by atoms with E-state index in [0.29, 0.717) is 54.0 Å². The van der Waals surface area contributed by atoms with Gasteiger partial charge in [0.25, 0.3) is 5.91 Å². The molecule has 1 aliphatic rings. The first kappa shape index (κ1) is 24.8. The molecular weight excluding hydrogens is 467 g/mol. The number of amides is 1. The molecule has 33 heavy (non-hydrogen) atoms. The zero-order valence-corrected chi connectivity index (χ0v) is 20.3. The molecule has 1 aliphatic heterocycles. The molecule has 2 heterocycles. The fourth-order valence-corrected chi connectivity index (χ4v) is 4.46. The number of H-pyrrole nitrogens is 1. The van der Waals surface area contributed by atoms with Gasteiger partial charge in [-0.15, -0.1) is 24.0 Å². The molecule has 0 aliphatic carbocycles. The molecule has 3 aromatic rings. The Bertz CT molecular complexity index is 1150. The summed E-state index contributed by atoms with van der Waals surface area (Å²) in [6.07, 6.45) is 0. The summed E-state index contributed by atoms with van der Waals surface area (Å²) < 4.78 is 16.5. The number of nitrogens with two attached hydrogens (primary N) is 1. The van der Waals surface area contributed by atoms with E-state index in [2.05, 4.69) is 10.3 Å². The molecule has 0 spiro atoms. The molecule has 0 fully saturated rings. The van der Waals surface area contributed by atoms with Crippen LogP contribution in [0.4, 0.5) is 11.4 Å². The van der Waals surface area contributed by atoms with Crippen molar-refractivity contribution in [3.05, 3.63) is 41.6 Å². The topological polar surface area (TPSA) is 102 Å². The number of benzene rings is 2. The van der Waals surface area contributed by atoms with Gasteiger partial charge in [0.05, 0.1) is 26.8 Å². The number of nitrogens with zero attached hydrogens (tertiary/aromatic N) is 1. The highest BCUT2D eigenvalue weighted by Crippen LogP contribution is 2.44. The van der Waals surface area contributed by atoms with Crippen LogP contribution < -0.4 is 30.2 Å². The number of rotatable bonds is 8. The molecule has 178 valence electrons. The van der Waals surface area contributed by atoms with Gasteiger partial charge >= 0.3 is 0 Å². The van der Waals surface area contributed by atoms with Gasteiger partial charge < -0.3 is 35.1 Å². The van der Waals surface area contributed by atoms with Crippen LogP contribution in [-0.4, -0.2) is 57.7 Å². The molecule has 10 heteroatoms. The van der Waals surface area contributed by atoms with Crippen LogP contribution in [-0.2, 0) is 0 Å². The quantitative estimate of drug-likeness (QED) is 0.409. The lowest BCUT2D eigenvalue weighted by Crippen LogP contribution is -2.30. The lowest BCUT2D eigenvalue weighted by Gasteiger charge is -2.18. The Kier molecular flexibility index (Phi) is 7.84. The second-order valence-electron chi connectivity index (χ2n) is 7.55. The molecule has 1 amide bonds. The van der Waals surface area contributed by atoms with Crippen LogP contribution in [0.3, 0.4) is 0 Å². The highest BCUT2D eigenvalue weighted by atomic mass is 35.5. The third kappa shape index (κ3) is 4.38. The van der Waals surface area contributed by atoms with Crippen molar-refractivity contribution in [2.24, 2.45) is 5.73 Å². The van der Waals surface area contributed by atoms with Crippen LogP contribution in [0.5, 0.6) is 17.2 Å². The third-order valence-corrected chi connectivity index (χ3v) is 6.09. The highest BCUT2D eigenvalue weighted by Gasteiger charge is 2.33. The number of aromatic nitrogens is 1. The molecule has 1 unspecified atom stereocenters. The predicted molar refractivity (Wildman–Crippen MR) is 134 cm³/mol. The summed E-state index contributed by atoms with van der Waals surface area (Å²) in [5.74, 6) is 1.83. The number of hydrogen-bond acceptors (Lipinski definition) is 6. The molecule has 8 nitrogen and oxygen atoms in total. The number of nitrogens with one attached hydrogen (secondary N) is 2. The molecule has 1 aromatic heterocycles. The van der Waals surface area contributed by atoms with Gasteiger partial charge in [-0.25, -0.2) is 0 Å². The molecule has 2 aromatic carbocycles. The second-order valence-corrected chi connectivity index (χ2v) is 7.86. The maximum absolute atomic E-state index is 13.6. The molecule has 4 rings (SSSR count). The molecule has 1 atom stereocenters. The van der Waals surface area contributed by atoms with Crippen LogP contribution in [0.2, 0.25) is 0 Å². The molecule has 0 radical (unpaired) electrons. The Labute approximate surface area is 203 Å². The highest BCUT2D eigenvalue weighted by molar-refractivity contribution is 6.19. The van der Waals surface area contributed by atoms with Gasteiger partial charge in [-0.05, 0) is 29.8 Å². The molecule has 0 saturated heterocycles. The van der Waals surface area contributed by atoms with E-state index < -0.39 is 0 Å². The van der Waals surface area contributed by atoms with Crippen molar-refractivity contribution < 1.29 is 19.0 Å². The SMILES string of the molecule is COc1cc2cc(C(=O)N3CC(CCl)c4ccc(NCCN)cc43)[nH]c2c(OC)c1OC.Cl. The summed E-state index contributed by atoms with van der Waals surface area (Å²) in [5.41, 5.74) is 9.54. The zero-order valence-electron chi connectivity index (χ0n) is 18.7. The number of fused-ring (bicyclic) bond motifs is 2. The van der Waals surface area contributed by atoms with E-state index in [1.807, 2.05) is 24.3 Å². The summed E-state index contributed by atoms with van der Waals surface area (Å²) in [4.78, 5) is 18.6. The lowest BCUT2D eigenvalue weighted by molar-refractivity contribution is 0.0984.